The molecule has 0 atom stereocenters. The standard InChI is InChI=1S/C48H30N2O/c1-3-13-31(14-4-1)35-25-28-45(47-38-19-9-12-22-46(38)51-48(35)47)50-42-21-11-8-18-37(42)40-30-33(24-27-44(40)50)32-23-26-43-39(29-32)36-17-7-10-20-41(36)49(43)34-15-5-2-6-16-34/h1-30H/i2D,5D,6D,7D,8D,10D,11D,15D,16D,17D,18D,20D,21D,23D,24D,26D,27D,29D,30D. The molecule has 0 N–H and O–H groups in total. The van der Waals surface area contributed by atoms with Crippen molar-refractivity contribution in [1.29, 1.82) is 0 Å². The van der Waals surface area contributed by atoms with Crippen LogP contribution in [0.1, 0.15) is 26.0 Å². The summed E-state index contributed by atoms with van der Waals surface area (Å²) < 4.78 is 181. The van der Waals surface area contributed by atoms with Crippen LogP contribution in [-0.2, 0) is 0 Å². The summed E-state index contributed by atoms with van der Waals surface area (Å²) in [4.78, 5) is 0. The van der Waals surface area contributed by atoms with Gasteiger partial charge in [0, 0.05) is 38.2 Å². The normalized spacial score (nSPS) is 17.1. The molecule has 0 spiro atoms. The number of para-hydroxylation sites is 4. The molecule has 11 aromatic rings. The van der Waals surface area contributed by atoms with Crippen LogP contribution in [0.3, 0.4) is 0 Å². The van der Waals surface area contributed by atoms with Gasteiger partial charge in [-0.15, -0.1) is 0 Å². The lowest BCUT2D eigenvalue weighted by atomic mass is 10.00. The van der Waals surface area contributed by atoms with Gasteiger partial charge in [0.25, 0.3) is 0 Å². The Bertz CT molecular complexity index is 4200. The molecule has 0 saturated carbocycles. The minimum Gasteiger partial charge on any atom is -0.455 e. The van der Waals surface area contributed by atoms with Crippen LogP contribution in [0.25, 0.3) is 99.2 Å². The molecular formula is C48H30N2O. The van der Waals surface area contributed by atoms with Crippen molar-refractivity contribution in [2.45, 2.75) is 0 Å². The van der Waals surface area contributed by atoms with Crippen molar-refractivity contribution in [3.63, 3.8) is 0 Å². The van der Waals surface area contributed by atoms with Crippen LogP contribution >= 0.6 is 0 Å². The van der Waals surface area contributed by atoms with Crippen molar-refractivity contribution in [2.24, 2.45) is 0 Å². The second kappa shape index (κ2) is 10.8. The van der Waals surface area contributed by atoms with Gasteiger partial charge in [0.1, 0.15) is 11.2 Å². The summed E-state index contributed by atoms with van der Waals surface area (Å²) >= 11 is 0. The van der Waals surface area contributed by atoms with Gasteiger partial charge in [0.15, 0.2) is 0 Å². The van der Waals surface area contributed by atoms with E-state index >= 15 is 0 Å². The maximum absolute atomic E-state index is 9.96. The second-order valence-electron chi connectivity index (χ2n) is 11.8. The minimum atomic E-state index is -0.862. The molecule has 0 fully saturated rings. The molecule has 0 unspecified atom stereocenters. The molecule has 0 aliphatic rings. The number of aromatic nitrogens is 2. The Labute approximate surface area is 320 Å². The smallest absolute Gasteiger partial charge is 0.145 e. The largest absolute Gasteiger partial charge is 0.455 e. The summed E-state index contributed by atoms with van der Waals surface area (Å²) in [6.45, 7) is 0. The third-order valence-corrected chi connectivity index (χ3v) is 9.11. The molecule has 238 valence electrons. The van der Waals surface area contributed by atoms with Gasteiger partial charge in [-0.1, -0.05) is 115 Å². The molecule has 51 heavy (non-hydrogen) atoms. The van der Waals surface area contributed by atoms with Crippen LogP contribution in [0.4, 0.5) is 0 Å². The predicted octanol–water partition coefficient (Wildman–Crippen LogP) is 13.1. The van der Waals surface area contributed by atoms with Gasteiger partial charge in [-0.3, -0.25) is 0 Å². The first kappa shape index (κ1) is 15.4. The van der Waals surface area contributed by atoms with E-state index in [1.54, 1.807) is 30.3 Å². The maximum atomic E-state index is 9.96. The van der Waals surface area contributed by atoms with Gasteiger partial charge in [-0.2, -0.15) is 0 Å². The Morgan fingerprint density at radius 2 is 1.02 bits per heavy atom. The lowest BCUT2D eigenvalue weighted by Crippen LogP contribution is -1.95. The van der Waals surface area contributed by atoms with E-state index < -0.39 is 153 Å². The van der Waals surface area contributed by atoms with Crippen molar-refractivity contribution < 1.29 is 30.5 Å². The Morgan fingerprint density at radius 3 is 1.75 bits per heavy atom. The highest BCUT2D eigenvalue weighted by Crippen LogP contribution is 2.43. The number of nitrogens with zero attached hydrogens (tertiary/aromatic N) is 2. The van der Waals surface area contributed by atoms with Crippen LogP contribution < -0.4 is 0 Å². The Morgan fingerprint density at radius 1 is 0.431 bits per heavy atom. The first-order valence-corrected chi connectivity index (χ1v) is 15.9. The monoisotopic (exact) mass is 669 g/mol. The van der Waals surface area contributed by atoms with Crippen molar-refractivity contribution >= 4 is 65.6 Å². The molecule has 11 rings (SSSR count). The van der Waals surface area contributed by atoms with Crippen molar-refractivity contribution in [2.75, 3.05) is 0 Å². The number of hydrogen-bond donors (Lipinski definition) is 0. The highest BCUT2D eigenvalue weighted by molar-refractivity contribution is 6.17. The fourth-order valence-electron chi connectivity index (χ4n) is 6.94. The topological polar surface area (TPSA) is 23.0 Å². The summed E-state index contributed by atoms with van der Waals surface area (Å²) in [6, 6.07) is 5.88. The maximum Gasteiger partial charge on any atom is 0.145 e. The first-order chi connectivity index (χ1) is 33.2. The van der Waals surface area contributed by atoms with Gasteiger partial charge in [-0.25, -0.2) is 0 Å². The predicted molar refractivity (Wildman–Crippen MR) is 213 cm³/mol. The number of benzene rings is 8. The molecule has 0 aliphatic carbocycles. The fourth-order valence-corrected chi connectivity index (χ4v) is 6.94. The van der Waals surface area contributed by atoms with E-state index in [-0.39, 0.29) is 27.5 Å². The van der Waals surface area contributed by atoms with E-state index in [1.807, 2.05) is 36.4 Å². The van der Waals surface area contributed by atoms with Crippen molar-refractivity contribution in [1.82, 2.24) is 9.13 Å². The molecule has 3 nitrogen and oxygen atoms in total. The van der Waals surface area contributed by atoms with Crippen LogP contribution in [0.15, 0.2) is 186 Å². The molecular weight excluding hydrogens is 621 g/mol. The number of hydrogen-bond acceptors (Lipinski definition) is 1. The molecule has 0 amide bonds. The second-order valence-corrected chi connectivity index (χ2v) is 11.8. The van der Waals surface area contributed by atoms with Crippen LogP contribution in [0.2, 0.25) is 0 Å². The molecule has 0 bridgehead atoms. The molecule has 3 aromatic heterocycles. The number of rotatable bonds is 4. The zero-order valence-electron chi connectivity index (χ0n) is 45.2. The van der Waals surface area contributed by atoms with Gasteiger partial charge >= 0.3 is 0 Å². The number of furan rings is 1. The van der Waals surface area contributed by atoms with Crippen LogP contribution in [0, 0.1) is 0 Å². The quantitative estimate of drug-likeness (QED) is 0.183. The molecule has 3 heterocycles. The summed E-state index contributed by atoms with van der Waals surface area (Å²) in [5.74, 6) is 0. The Kier molecular flexibility index (Phi) is 3.26. The highest BCUT2D eigenvalue weighted by atomic mass is 16.3. The fraction of sp³-hybridized carbons (Fsp3) is 0. The zero-order chi connectivity index (χ0) is 50.0. The van der Waals surface area contributed by atoms with E-state index in [9.17, 15) is 11.0 Å². The molecule has 0 radical (unpaired) electrons. The lowest BCUT2D eigenvalue weighted by molar-refractivity contribution is 0.670. The molecule has 0 aliphatic heterocycles. The van der Waals surface area contributed by atoms with E-state index in [0.717, 1.165) is 10.1 Å². The summed E-state index contributed by atoms with van der Waals surface area (Å²) in [7, 11) is 0. The van der Waals surface area contributed by atoms with Gasteiger partial charge in [0.05, 0.1) is 59.2 Å². The third kappa shape index (κ3) is 4.12. The molecule has 3 heteroatoms. The van der Waals surface area contributed by atoms with Gasteiger partial charge in [-0.05, 0) is 83.2 Å². The Balaban J connectivity index is 1.33. The number of fused-ring (bicyclic) bond motifs is 9. The summed E-state index contributed by atoms with van der Waals surface area (Å²) in [6.07, 6.45) is 0. The van der Waals surface area contributed by atoms with Crippen LogP contribution in [-0.4, -0.2) is 9.13 Å². The zero-order valence-corrected chi connectivity index (χ0v) is 26.2. The van der Waals surface area contributed by atoms with E-state index in [4.69, 9.17) is 19.5 Å². The summed E-state index contributed by atoms with van der Waals surface area (Å²) in [5, 5.41) is -0.288. The van der Waals surface area contributed by atoms with E-state index in [2.05, 4.69) is 0 Å². The average molecular weight is 670 g/mol. The van der Waals surface area contributed by atoms with Crippen LogP contribution in [0.5, 0.6) is 0 Å². The SMILES string of the molecule is [2H]c1c([2H])c([2H])c(-n2c3c([2H])c([2H])c([2H])c([2H])c3c3c([2H])c(-c4c([2H])c([2H])c5c(c4[2H])c4c([2H])c([2H])c([2H])c([2H])c4n5-c4ccc(-c5ccccc5)c5oc6ccccc6c45)c([2H])c([2H])c32)c([2H])c1[2H]. The average Bonchev–Trinajstić information content (AvgIpc) is 4.04. The highest BCUT2D eigenvalue weighted by Gasteiger charge is 2.21. The van der Waals surface area contributed by atoms with Crippen molar-refractivity contribution in [3.8, 4) is 33.6 Å². The molecule has 0 saturated heterocycles. The summed E-state index contributed by atoms with van der Waals surface area (Å²) in [5.41, 5.74) is -0.561. The minimum absolute atomic E-state index is 0.162. The lowest BCUT2D eigenvalue weighted by Gasteiger charge is -2.12. The molecule has 8 aromatic carbocycles. The van der Waals surface area contributed by atoms with Crippen molar-refractivity contribution in [3.05, 3.63) is 182 Å². The van der Waals surface area contributed by atoms with Gasteiger partial charge in [0.2, 0.25) is 0 Å². The van der Waals surface area contributed by atoms with E-state index in [0.29, 0.717) is 27.5 Å². The Hall–Kier alpha value is -6.84. The third-order valence-electron chi connectivity index (χ3n) is 9.11. The van der Waals surface area contributed by atoms with Gasteiger partial charge < -0.3 is 13.6 Å². The first-order valence-electron chi connectivity index (χ1n) is 25.4. The van der Waals surface area contributed by atoms with E-state index in [1.165, 1.54) is 4.57 Å².